The smallest absolute Gasteiger partial charge is 0.0364 e. The summed E-state index contributed by atoms with van der Waals surface area (Å²) < 4.78 is 0. The van der Waals surface area contributed by atoms with Crippen LogP contribution in [0.5, 0.6) is 0 Å². The molecule has 0 heterocycles. The fraction of sp³-hybridized carbons (Fsp3) is 0.429. The van der Waals surface area contributed by atoms with Crippen molar-refractivity contribution in [1.29, 1.82) is 0 Å². The molecule has 0 radical (unpaired) electrons. The molecular weight excluding hydrogens is 134 g/mol. The van der Waals surface area contributed by atoms with Gasteiger partial charge < -0.3 is 5.73 Å². The lowest BCUT2D eigenvalue weighted by atomic mass is 9.95. The Morgan fingerprint density at radius 1 is 1.78 bits per heavy atom. The monoisotopic (exact) mass is 143 g/mol. The molecule has 50 valence electrons. The van der Waals surface area contributed by atoms with Gasteiger partial charge in [0.05, 0.1) is 0 Å². The minimum atomic E-state index is -0.182. The summed E-state index contributed by atoms with van der Waals surface area (Å²) in [5.74, 6) is 0. The molecule has 0 fully saturated rings. The molecule has 0 bridgehead atoms. The fourth-order valence-electron chi connectivity index (χ4n) is 0.723. The molecule has 1 aliphatic rings. The molecule has 0 amide bonds. The van der Waals surface area contributed by atoms with Crippen LogP contribution in [0.4, 0.5) is 0 Å². The second-order valence-electron chi connectivity index (χ2n) is 2.63. The standard InChI is InChI=1S/C7H10ClN/c1-7(9)4-2-6(8)3-5-7/h2-4H,5,9H2,1H3. The average molecular weight is 144 g/mol. The first-order chi connectivity index (χ1) is 4.10. The highest BCUT2D eigenvalue weighted by Crippen LogP contribution is 2.19. The molecule has 0 saturated carbocycles. The summed E-state index contributed by atoms with van der Waals surface area (Å²) in [6.07, 6.45) is 6.53. The van der Waals surface area contributed by atoms with E-state index in [1.165, 1.54) is 0 Å². The number of halogens is 1. The second kappa shape index (κ2) is 2.16. The topological polar surface area (TPSA) is 26.0 Å². The minimum absolute atomic E-state index is 0.182. The summed E-state index contributed by atoms with van der Waals surface area (Å²) in [5, 5.41) is 0.790. The molecule has 2 heteroatoms. The van der Waals surface area contributed by atoms with Crippen LogP contribution in [0.25, 0.3) is 0 Å². The van der Waals surface area contributed by atoms with Crippen LogP contribution in [0.3, 0.4) is 0 Å². The van der Waals surface area contributed by atoms with Crippen molar-refractivity contribution < 1.29 is 0 Å². The molecule has 1 atom stereocenters. The van der Waals surface area contributed by atoms with E-state index >= 15 is 0 Å². The Hall–Kier alpha value is -0.270. The summed E-state index contributed by atoms with van der Waals surface area (Å²) in [4.78, 5) is 0. The number of allylic oxidation sites excluding steroid dienone is 2. The molecule has 1 aliphatic carbocycles. The summed E-state index contributed by atoms with van der Waals surface area (Å²) in [6.45, 7) is 1.98. The first kappa shape index (κ1) is 6.84. The lowest BCUT2D eigenvalue weighted by Crippen LogP contribution is -2.33. The zero-order valence-electron chi connectivity index (χ0n) is 5.39. The SMILES string of the molecule is CC1(N)C=CC(Cl)=CC1. The zero-order valence-corrected chi connectivity index (χ0v) is 6.15. The molecule has 1 unspecified atom stereocenters. The third-order valence-corrected chi connectivity index (χ3v) is 1.64. The van der Waals surface area contributed by atoms with Gasteiger partial charge >= 0.3 is 0 Å². The van der Waals surface area contributed by atoms with E-state index in [-0.39, 0.29) is 5.54 Å². The summed E-state index contributed by atoms with van der Waals surface area (Å²) in [6, 6.07) is 0. The van der Waals surface area contributed by atoms with E-state index in [1.54, 1.807) is 0 Å². The van der Waals surface area contributed by atoms with Gasteiger partial charge in [-0.05, 0) is 19.4 Å². The predicted octanol–water partition coefficient (Wildman–Crippen LogP) is 1.79. The van der Waals surface area contributed by atoms with E-state index < -0.39 is 0 Å². The minimum Gasteiger partial charge on any atom is -0.322 e. The molecule has 0 aromatic heterocycles. The Labute approximate surface area is 60.2 Å². The van der Waals surface area contributed by atoms with Crippen molar-refractivity contribution in [3.8, 4) is 0 Å². The molecule has 9 heavy (non-hydrogen) atoms. The van der Waals surface area contributed by atoms with E-state index in [4.69, 9.17) is 17.3 Å². The molecule has 1 nitrogen and oxygen atoms in total. The maximum atomic E-state index is 5.75. The first-order valence-electron chi connectivity index (χ1n) is 2.94. The number of hydrogen-bond donors (Lipinski definition) is 1. The largest absolute Gasteiger partial charge is 0.322 e. The molecule has 0 aliphatic heterocycles. The molecule has 0 aromatic carbocycles. The van der Waals surface area contributed by atoms with Gasteiger partial charge in [0.15, 0.2) is 0 Å². The lowest BCUT2D eigenvalue weighted by molar-refractivity contribution is 0.588. The maximum Gasteiger partial charge on any atom is 0.0364 e. The predicted molar refractivity (Wildman–Crippen MR) is 40.3 cm³/mol. The van der Waals surface area contributed by atoms with Crippen molar-refractivity contribution in [2.45, 2.75) is 18.9 Å². The van der Waals surface area contributed by atoms with Crippen LogP contribution in [0.2, 0.25) is 0 Å². The average Bonchev–Trinajstić information content (AvgIpc) is 1.78. The van der Waals surface area contributed by atoms with Gasteiger partial charge in [0.1, 0.15) is 0 Å². The fourth-order valence-corrected chi connectivity index (χ4v) is 0.864. The van der Waals surface area contributed by atoms with Gasteiger partial charge in [0.25, 0.3) is 0 Å². The van der Waals surface area contributed by atoms with Crippen LogP contribution in [-0.2, 0) is 0 Å². The molecule has 0 aromatic rings. The van der Waals surface area contributed by atoms with Crippen molar-refractivity contribution in [3.05, 3.63) is 23.3 Å². The van der Waals surface area contributed by atoms with E-state index in [2.05, 4.69) is 0 Å². The normalized spacial score (nSPS) is 34.3. The number of hydrogen-bond acceptors (Lipinski definition) is 1. The summed E-state index contributed by atoms with van der Waals surface area (Å²) in [5.41, 5.74) is 5.57. The molecular formula is C7H10ClN. The Kier molecular flexibility index (Phi) is 1.64. The molecule has 0 saturated heterocycles. The van der Waals surface area contributed by atoms with E-state index in [0.717, 1.165) is 11.5 Å². The lowest BCUT2D eigenvalue weighted by Gasteiger charge is -2.20. The third-order valence-electron chi connectivity index (χ3n) is 1.36. The van der Waals surface area contributed by atoms with Crippen molar-refractivity contribution >= 4 is 11.6 Å². The summed E-state index contributed by atoms with van der Waals surface area (Å²) in [7, 11) is 0. The van der Waals surface area contributed by atoms with Crippen LogP contribution >= 0.6 is 11.6 Å². The van der Waals surface area contributed by atoms with Crippen molar-refractivity contribution in [2.24, 2.45) is 5.73 Å². The van der Waals surface area contributed by atoms with Crippen LogP contribution in [0.1, 0.15) is 13.3 Å². The maximum absolute atomic E-state index is 5.75. The van der Waals surface area contributed by atoms with Gasteiger partial charge in [-0.3, -0.25) is 0 Å². The Morgan fingerprint density at radius 2 is 2.44 bits per heavy atom. The van der Waals surface area contributed by atoms with Crippen LogP contribution in [0.15, 0.2) is 23.3 Å². The van der Waals surface area contributed by atoms with Crippen LogP contribution in [0, 0.1) is 0 Å². The van der Waals surface area contributed by atoms with Gasteiger partial charge in [-0.25, -0.2) is 0 Å². The second-order valence-corrected chi connectivity index (χ2v) is 3.07. The van der Waals surface area contributed by atoms with Gasteiger partial charge in [-0.1, -0.05) is 23.8 Å². The van der Waals surface area contributed by atoms with Gasteiger partial charge in [-0.15, -0.1) is 0 Å². The van der Waals surface area contributed by atoms with Crippen molar-refractivity contribution in [3.63, 3.8) is 0 Å². The highest BCUT2D eigenvalue weighted by atomic mass is 35.5. The third kappa shape index (κ3) is 1.84. The Morgan fingerprint density at radius 3 is 2.78 bits per heavy atom. The number of nitrogens with two attached hydrogens (primary N) is 1. The zero-order chi connectivity index (χ0) is 6.91. The Balaban J connectivity index is 2.70. The quantitative estimate of drug-likeness (QED) is 0.550. The van der Waals surface area contributed by atoms with E-state index in [0.29, 0.717) is 0 Å². The molecule has 0 spiro atoms. The Bertz CT molecular complexity index is 168. The van der Waals surface area contributed by atoms with E-state index in [1.807, 2.05) is 25.2 Å². The van der Waals surface area contributed by atoms with E-state index in [9.17, 15) is 0 Å². The van der Waals surface area contributed by atoms with Gasteiger partial charge in [-0.2, -0.15) is 0 Å². The molecule has 2 N–H and O–H groups in total. The van der Waals surface area contributed by atoms with Crippen molar-refractivity contribution in [2.75, 3.05) is 0 Å². The van der Waals surface area contributed by atoms with Crippen molar-refractivity contribution in [1.82, 2.24) is 0 Å². The summed E-state index contributed by atoms with van der Waals surface area (Å²) >= 11 is 5.66. The highest BCUT2D eigenvalue weighted by Gasteiger charge is 2.14. The number of rotatable bonds is 0. The van der Waals surface area contributed by atoms with Crippen LogP contribution < -0.4 is 5.73 Å². The molecule has 1 rings (SSSR count). The van der Waals surface area contributed by atoms with Crippen LogP contribution in [-0.4, -0.2) is 5.54 Å². The highest BCUT2D eigenvalue weighted by molar-refractivity contribution is 6.31. The first-order valence-corrected chi connectivity index (χ1v) is 3.32. The van der Waals surface area contributed by atoms with Gasteiger partial charge in [0, 0.05) is 10.6 Å². The van der Waals surface area contributed by atoms with Gasteiger partial charge in [0.2, 0.25) is 0 Å².